The number of esters is 1. The Morgan fingerprint density at radius 1 is 1.05 bits per heavy atom. The minimum absolute atomic E-state index is 0.0454. The van der Waals surface area contributed by atoms with Crippen molar-refractivity contribution in [2.24, 2.45) is 0 Å². The molecule has 0 atom stereocenters. The first kappa shape index (κ1) is 14.9. The maximum Gasteiger partial charge on any atom is 0.345 e. The van der Waals surface area contributed by atoms with Crippen molar-refractivity contribution in [1.82, 2.24) is 0 Å². The molecule has 20 heavy (non-hydrogen) atoms. The number of carbonyl (C=O) groups excluding carboxylic acids is 2. The highest BCUT2D eigenvalue weighted by atomic mass is 35.5. The zero-order valence-corrected chi connectivity index (χ0v) is 12.2. The maximum atomic E-state index is 12.0. The van der Waals surface area contributed by atoms with E-state index in [1.165, 1.54) is 18.2 Å². The highest BCUT2D eigenvalue weighted by molar-refractivity contribution is 6.36. The van der Waals surface area contributed by atoms with E-state index in [1.54, 1.807) is 18.2 Å². The minimum Gasteiger partial charge on any atom is -0.421 e. The number of halogens is 3. The van der Waals surface area contributed by atoms with Gasteiger partial charge in [-0.1, -0.05) is 46.9 Å². The smallest absolute Gasteiger partial charge is 0.345 e. The fourth-order valence-corrected chi connectivity index (χ4v) is 2.31. The second-order valence-corrected chi connectivity index (χ2v) is 5.04. The first-order valence-corrected chi connectivity index (χ1v) is 6.57. The molecule has 0 aliphatic heterocycles. The van der Waals surface area contributed by atoms with Gasteiger partial charge in [-0.05, 0) is 24.3 Å². The van der Waals surface area contributed by atoms with E-state index < -0.39 is 5.97 Å². The van der Waals surface area contributed by atoms with Crippen molar-refractivity contribution in [3.63, 3.8) is 0 Å². The van der Waals surface area contributed by atoms with Crippen LogP contribution in [0.2, 0.25) is 15.1 Å². The van der Waals surface area contributed by atoms with Crippen molar-refractivity contribution in [2.75, 3.05) is 0 Å². The van der Waals surface area contributed by atoms with Crippen LogP contribution in [0.4, 0.5) is 0 Å². The second kappa shape index (κ2) is 6.27. The Morgan fingerprint density at radius 3 is 2.40 bits per heavy atom. The topological polar surface area (TPSA) is 43.4 Å². The molecule has 0 aromatic heterocycles. The van der Waals surface area contributed by atoms with Crippen LogP contribution in [0.25, 0.3) is 0 Å². The summed E-state index contributed by atoms with van der Waals surface area (Å²) in [6.07, 6.45) is 0.507. The van der Waals surface area contributed by atoms with Crippen LogP contribution < -0.4 is 4.74 Å². The van der Waals surface area contributed by atoms with Gasteiger partial charge in [0.2, 0.25) is 0 Å². The average molecular weight is 330 g/mol. The molecule has 102 valence electrons. The van der Waals surface area contributed by atoms with Gasteiger partial charge in [0.15, 0.2) is 12.0 Å². The van der Waals surface area contributed by atoms with Crippen LogP contribution >= 0.6 is 34.8 Å². The van der Waals surface area contributed by atoms with E-state index in [2.05, 4.69) is 0 Å². The third-order valence-corrected chi connectivity index (χ3v) is 3.28. The summed E-state index contributed by atoms with van der Waals surface area (Å²) in [7, 11) is 0. The predicted octanol–water partition coefficient (Wildman–Crippen LogP) is 4.68. The summed E-state index contributed by atoms with van der Waals surface area (Å²) in [6, 6.07) is 9.14. The largest absolute Gasteiger partial charge is 0.421 e. The Bertz CT molecular complexity index is 683. The molecule has 0 bridgehead atoms. The molecule has 0 radical (unpaired) electrons. The minimum atomic E-state index is -0.706. The first-order valence-electron chi connectivity index (χ1n) is 5.44. The van der Waals surface area contributed by atoms with Gasteiger partial charge in [-0.2, -0.15) is 0 Å². The van der Waals surface area contributed by atoms with E-state index in [1.807, 2.05) is 0 Å². The Hall–Kier alpha value is -1.55. The normalized spacial score (nSPS) is 10.2. The molecule has 0 saturated carbocycles. The standard InChI is InChI=1S/C14H7Cl3O3/c15-9-5-8(7-18)13(12(17)6-9)20-14(19)10-3-1-2-4-11(10)16/h1-7H. The molecule has 0 aliphatic rings. The van der Waals surface area contributed by atoms with E-state index in [9.17, 15) is 9.59 Å². The van der Waals surface area contributed by atoms with Crippen LogP contribution in [0.5, 0.6) is 5.75 Å². The van der Waals surface area contributed by atoms with Crippen LogP contribution in [-0.4, -0.2) is 12.3 Å². The van der Waals surface area contributed by atoms with Crippen molar-refractivity contribution in [3.05, 3.63) is 62.6 Å². The second-order valence-electron chi connectivity index (χ2n) is 3.79. The Labute approximate surface area is 130 Å². The molecular weight excluding hydrogens is 323 g/mol. The van der Waals surface area contributed by atoms with Gasteiger partial charge in [0.25, 0.3) is 0 Å². The molecule has 3 nitrogen and oxygen atoms in total. The first-order chi connectivity index (χ1) is 9.52. The zero-order chi connectivity index (χ0) is 14.7. The predicted molar refractivity (Wildman–Crippen MR) is 78.3 cm³/mol. The van der Waals surface area contributed by atoms with Crippen LogP contribution in [0.3, 0.4) is 0 Å². The molecule has 6 heteroatoms. The van der Waals surface area contributed by atoms with E-state index in [0.717, 1.165) is 0 Å². The summed E-state index contributed by atoms with van der Waals surface area (Å²) in [4.78, 5) is 23.0. The van der Waals surface area contributed by atoms with Crippen LogP contribution in [0, 0.1) is 0 Å². The number of ether oxygens (including phenoxy) is 1. The molecule has 0 amide bonds. The van der Waals surface area contributed by atoms with E-state index >= 15 is 0 Å². The van der Waals surface area contributed by atoms with E-state index in [4.69, 9.17) is 39.5 Å². The van der Waals surface area contributed by atoms with Crippen molar-refractivity contribution < 1.29 is 14.3 Å². The quantitative estimate of drug-likeness (QED) is 0.466. The van der Waals surface area contributed by atoms with E-state index in [-0.39, 0.29) is 31.9 Å². The van der Waals surface area contributed by atoms with Crippen molar-refractivity contribution in [1.29, 1.82) is 0 Å². The van der Waals surface area contributed by atoms with Gasteiger partial charge < -0.3 is 4.74 Å². The highest BCUT2D eigenvalue weighted by Gasteiger charge is 2.17. The molecule has 2 aromatic carbocycles. The van der Waals surface area contributed by atoms with Crippen LogP contribution in [0.15, 0.2) is 36.4 Å². The van der Waals surface area contributed by atoms with Crippen LogP contribution in [0.1, 0.15) is 20.7 Å². The van der Waals surface area contributed by atoms with E-state index in [0.29, 0.717) is 6.29 Å². The van der Waals surface area contributed by atoms with Gasteiger partial charge in [-0.3, -0.25) is 4.79 Å². The third kappa shape index (κ3) is 3.12. The lowest BCUT2D eigenvalue weighted by Gasteiger charge is -2.09. The summed E-state index contributed by atoms with van der Waals surface area (Å²) in [5.74, 6) is -0.751. The Balaban J connectivity index is 2.38. The maximum absolute atomic E-state index is 12.0. The fourth-order valence-electron chi connectivity index (χ4n) is 1.55. The van der Waals surface area contributed by atoms with Crippen LogP contribution in [-0.2, 0) is 0 Å². The lowest BCUT2D eigenvalue weighted by Crippen LogP contribution is -2.10. The van der Waals surface area contributed by atoms with Gasteiger partial charge in [0, 0.05) is 5.02 Å². The molecule has 0 fully saturated rings. The molecule has 2 rings (SSSR count). The third-order valence-electron chi connectivity index (χ3n) is 2.45. The summed E-state index contributed by atoms with van der Waals surface area (Å²) in [5.41, 5.74) is 0.264. The van der Waals surface area contributed by atoms with Gasteiger partial charge in [0.1, 0.15) is 0 Å². The zero-order valence-electron chi connectivity index (χ0n) is 9.90. The number of hydrogen-bond donors (Lipinski definition) is 0. The summed E-state index contributed by atoms with van der Waals surface area (Å²) >= 11 is 17.6. The molecule has 0 spiro atoms. The van der Waals surface area contributed by atoms with Crippen molar-refractivity contribution >= 4 is 47.1 Å². The summed E-state index contributed by atoms with van der Waals surface area (Å²) in [5, 5.41) is 0.588. The van der Waals surface area contributed by atoms with Gasteiger partial charge >= 0.3 is 5.97 Å². The number of hydrogen-bond acceptors (Lipinski definition) is 3. The Kier molecular flexibility index (Phi) is 4.65. The van der Waals surface area contributed by atoms with Gasteiger partial charge in [0.05, 0.1) is 21.2 Å². The van der Waals surface area contributed by atoms with Gasteiger partial charge in [-0.15, -0.1) is 0 Å². The Morgan fingerprint density at radius 2 is 1.75 bits per heavy atom. The molecular formula is C14H7Cl3O3. The lowest BCUT2D eigenvalue weighted by molar-refractivity contribution is 0.0734. The number of carbonyl (C=O) groups is 2. The highest BCUT2D eigenvalue weighted by Crippen LogP contribution is 2.32. The fraction of sp³-hybridized carbons (Fsp3) is 0. The molecule has 0 heterocycles. The molecule has 0 saturated heterocycles. The molecule has 0 aliphatic carbocycles. The van der Waals surface area contributed by atoms with Gasteiger partial charge in [-0.25, -0.2) is 4.79 Å². The summed E-state index contributed by atoms with van der Waals surface area (Å²) in [6.45, 7) is 0. The number of aldehydes is 1. The number of benzene rings is 2. The molecule has 2 aromatic rings. The number of rotatable bonds is 3. The SMILES string of the molecule is O=Cc1cc(Cl)cc(Cl)c1OC(=O)c1ccccc1Cl. The monoisotopic (exact) mass is 328 g/mol. The van der Waals surface area contributed by atoms with Crippen molar-refractivity contribution in [2.45, 2.75) is 0 Å². The molecule has 0 N–H and O–H groups in total. The van der Waals surface area contributed by atoms with Crippen molar-refractivity contribution in [3.8, 4) is 5.75 Å². The average Bonchev–Trinajstić information content (AvgIpc) is 2.41. The molecule has 0 unspecified atom stereocenters. The lowest BCUT2D eigenvalue weighted by atomic mass is 10.2. The summed E-state index contributed by atoms with van der Waals surface area (Å²) < 4.78 is 5.14.